The zero-order chi connectivity index (χ0) is 21.4. The van der Waals surface area contributed by atoms with Gasteiger partial charge in [-0.1, -0.05) is 12.1 Å². The fourth-order valence-electron chi connectivity index (χ4n) is 2.08. The summed E-state index contributed by atoms with van der Waals surface area (Å²) in [5.41, 5.74) is 1.35. The lowest BCUT2D eigenvalue weighted by Gasteiger charge is -2.13. The monoisotopic (exact) mass is 404 g/mol. The van der Waals surface area contributed by atoms with Gasteiger partial charge >= 0.3 is 12.3 Å². The number of anilines is 1. The Labute approximate surface area is 164 Å². The average Bonchev–Trinajstić information content (AvgIpc) is 2.67. The van der Waals surface area contributed by atoms with Crippen LogP contribution in [-0.4, -0.2) is 24.3 Å². The van der Waals surface area contributed by atoms with Crippen molar-refractivity contribution in [1.29, 1.82) is 5.26 Å². The molecule has 1 N–H and O–H groups in total. The predicted octanol–water partition coefficient (Wildman–Crippen LogP) is 4.04. The molecule has 2 rings (SSSR count). The van der Waals surface area contributed by atoms with Crippen molar-refractivity contribution in [3.8, 4) is 11.8 Å². The van der Waals surface area contributed by atoms with E-state index in [1.807, 2.05) is 6.07 Å². The summed E-state index contributed by atoms with van der Waals surface area (Å²) in [6.07, 6.45) is -3.35. The summed E-state index contributed by atoms with van der Waals surface area (Å²) in [5.74, 6) is -1.84. The molecule has 0 saturated heterocycles. The molecule has 0 aliphatic carbocycles. The number of hydrogen-bond acceptors (Lipinski definition) is 5. The Hall–Kier alpha value is -3.80. The van der Waals surface area contributed by atoms with Crippen LogP contribution in [0.3, 0.4) is 0 Å². The molecule has 29 heavy (non-hydrogen) atoms. The molecule has 0 heterocycles. The van der Waals surface area contributed by atoms with E-state index in [0.717, 1.165) is 18.2 Å². The van der Waals surface area contributed by atoms with Gasteiger partial charge in [-0.25, -0.2) is 4.79 Å². The third-order valence-electron chi connectivity index (χ3n) is 3.47. The van der Waals surface area contributed by atoms with Gasteiger partial charge in [0.15, 0.2) is 6.10 Å². The Balaban J connectivity index is 1.86. The van der Waals surface area contributed by atoms with E-state index in [1.165, 1.54) is 25.1 Å². The molecule has 0 aliphatic heterocycles. The van der Waals surface area contributed by atoms with E-state index in [9.17, 15) is 22.8 Å². The first-order chi connectivity index (χ1) is 13.7. The lowest BCUT2D eigenvalue weighted by molar-refractivity contribution is -0.274. The van der Waals surface area contributed by atoms with Gasteiger partial charge in [0.1, 0.15) is 5.75 Å². The molecule has 0 fully saturated rings. The largest absolute Gasteiger partial charge is 0.573 e. The van der Waals surface area contributed by atoms with Gasteiger partial charge in [0, 0.05) is 11.8 Å². The van der Waals surface area contributed by atoms with Gasteiger partial charge in [0.2, 0.25) is 0 Å². The molecular formula is C20H15F3N2O4. The van der Waals surface area contributed by atoms with Crippen molar-refractivity contribution in [2.75, 3.05) is 5.32 Å². The van der Waals surface area contributed by atoms with Crippen molar-refractivity contribution in [2.45, 2.75) is 19.4 Å². The normalized spacial score (nSPS) is 12.1. The highest BCUT2D eigenvalue weighted by Crippen LogP contribution is 2.24. The maximum Gasteiger partial charge on any atom is 0.573 e. The van der Waals surface area contributed by atoms with E-state index in [4.69, 9.17) is 10.00 Å². The lowest BCUT2D eigenvalue weighted by atomic mass is 10.1. The van der Waals surface area contributed by atoms with Crippen LogP contribution in [0.15, 0.2) is 54.6 Å². The SMILES string of the molecule is C[C@H](OC(=O)/C=C/c1ccc(C#N)cc1)C(=O)Nc1ccc(OC(F)(F)F)cc1. The number of nitrogens with zero attached hydrogens (tertiary/aromatic N) is 1. The van der Waals surface area contributed by atoms with Gasteiger partial charge in [-0.05, 0) is 55.0 Å². The third kappa shape index (κ3) is 7.38. The number of carbonyl (C=O) groups excluding carboxylic acids is 2. The molecule has 1 atom stereocenters. The minimum atomic E-state index is -4.81. The molecule has 0 aliphatic rings. The Kier molecular flexibility index (Phi) is 6.98. The Morgan fingerprint density at radius 1 is 1.10 bits per heavy atom. The average molecular weight is 404 g/mol. The van der Waals surface area contributed by atoms with Crippen LogP contribution in [0.25, 0.3) is 6.08 Å². The number of nitriles is 1. The van der Waals surface area contributed by atoms with Crippen LogP contribution < -0.4 is 10.1 Å². The zero-order valence-corrected chi connectivity index (χ0v) is 15.1. The van der Waals surface area contributed by atoms with Gasteiger partial charge in [-0.3, -0.25) is 4.79 Å². The second-order valence-corrected chi connectivity index (χ2v) is 5.71. The van der Waals surface area contributed by atoms with E-state index >= 15 is 0 Å². The van der Waals surface area contributed by atoms with Crippen LogP contribution in [0.5, 0.6) is 5.75 Å². The van der Waals surface area contributed by atoms with Gasteiger partial charge in [0.25, 0.3) is 5.91 Å². The Bertz CT molecular complexity index is 930. The smallest absolute Gasteiger partial charge is 0.449 e. The van der Waals surface area contributed by atoms with Crippen LogP contribution >= 0.6 is 0 Å². The molecule has 150 valence electrons. The van der Waals surface area contributed by atoms with Crippen LogP contribution in [-0.2, 0) is 14.3 Å². The van der Waals surface area contributed by atoms with Crippen LogP contribution in [0.1, 0.15) is 18.1 Å². The third-order valence-corrected chi connectivity index (χ3v) is 3.47. The maximum absolute atomic E-state index is 12.1. The number of rotatable bonds is 6. The molecule has 0 spiro atoms. The molecule has 0 saturated carbocycles. The van der Waals surface area contributed by atoms with Gasteiger partial charge in [-0.15, -0.1) is 13.2 Å². The first-order valence-electron chi connectivity index (χ1n) is 8.22. The standard InChI is InChI=1S/C20H15F3N2O4/c1-13(28-18(26)11-6-14-2-4-15(12-24)5-3-14)19(27)25-16-7-9-17(10-8-16)29-20(21,22)23/h2-11,13H,1H3,(H,25,27)/b11-6+/t13-/m0/s1. The summed E-state index contributed by atoms with van der Waals surface area (Å²) in [4.78, 5) is 23.9. The number of alkyl halides is 3. The van der Waals surface area contributed by atoms with Crippen molar-refractivity contribution >= 4 is 23.6 Å². The number of amides is 1. The molecule has 0 aromatic heterocycles. The molecule has 2 aromatic carbocycles. The summed E-state index contributed by atoms with van der Waals surface area (Å²) in [6, 6.07) is 13.0. The van der Waals surface area contributed by atoms with Gasteiger partial charge < -0.3 is 14.8 Å². The first-order valence-corrected chi connectivity index (χ1v) is 8.22. The second kappa shape index (κ2) is 9.41. The van der Waals surface area contributed by atoms with E-state index in [2.05, 4.69) is 10.1 Å². The highest BCUT2D eigenvalue weighted by atomic mass is 19.4. The molecular weight excluding hydrogens is 389 g/mol. The molecule has 6 nitrogen and oxygen atoms in total. The Morgan fingerprint density at radius 3 is 2.28 bits per heavy atom. The first kappa shape index (κ1) is 21.5. The molecule has 0 bridgehead atoms. The van der Waals surface area contributed by atoms with Crippen LogP contribution in [0.4, 0.5) is 18.9 Å². The van der Waals surface area contributed by atoms with Crippen molar-refractivity contribution in [1.82, 2.24) is 0 Å². The molecule has 1 amide bonds. The number of benzene rings is 2. The topological polar surface area (TPSA) is 88.4 Å². The van der Waals surface area contributed by atoms with Crippen LogP contribution in [0, 0.1) is 11.3 Å². The minimum absolute atomic E-state index is 0.209. The van der Waals surface area contributed by atoms with Crippen molar-refractivity contribution in [3.63, 3.8) is 0 Å². The number of esters is 1. The highest BCUT2D eigenvalue weighted by Gasteiger charge is 2.31. The molecule has 9 heteroatoms. The Morgan fingerprint density at radius 2 is 1.72 bits per heavy atom. The lowest BCUT2D eigenvalue weighted by Crippen LogP contribution is -2.29. The van der Waals surface area contributed by atoms with E-state index in [1.54, 1.807) is 24.3 Å². The number of carbonyl (C=O) groups is 2. The fourth-order valence-corrected chi connectivity index (χ4v) is 2.08. The highest BCUT2D eigenvalue weighted by molar-refractivity contribution is 5.96. The molecule has 2 aromatic rings. The minimum Gasteiger partial charge on any atom is -0.449 e. The predicted molar refractivity (Wildman–Crippen MR) is 97.5 cm³/mol. The van der Waals surface area contributed by atoms with E-state index in [0.29, 0.717) is 11.1 Å². The number of hydrogen-bond donors (Lipinski definition) is 1. The molecule has 0 radical (unpaired) electrons. The van der Waals surface area contributed by atoms with E-state index < -0.39 is 30.1 Å². The summed E-state index contributed by atoms with van der Waals surface area (Å²) in [5, 5.41) is 11.1. The quantitative estimate of drug-likeness (QED) is 0.580. The molecule has 0 unspecified atom stereocenters. The van der Waals surface area contributed by atoms with Crippen molar-refractivity contribution in [3.05, 3.63) is 65.7 Å². The summed E-state index contributed by atoms with van der Waals surface area (Å²) in [6.45, 7) is 1.35. The summed E-state index contributed by atoms with van der Waals surface area (Å²) in [7, 11) is 0. The maximum atomic E-state index is 12.1. The fraction of sp³-hybridized carbons (Fsp3) is 0.150. The van der Waals surface area contributed by atoms with Crippen molar-refractivity contribution < 1.29 is 32.2 Å². The van der Waals surface area contributed by atoms with Gasteiger partial charge in [-0.2, -0.15) is 5.26 Å². The number of nitrogens with one attached hydrogen (secondary N) is 1. The van der Waals surface area contributed by atoms with Crippen molar-refractivity contribution in [2.24, 2.45) is 0 Å². The zero-order valence-electron chi connectivity index (χ0n) is 15.1. The van der Waals surface area contributed by atoms with E-state index in [-0.39, 0.29) is 5.69 Å². The second-order valence-electron chi connectivity index (χ2n) is 5.71. The van der Waals surface area contributed by atoms with Crippen LogP contribution in [0.2, 0.25) is 0 Å². The number of halogens is 3. The summed E-state index contributed by atoms with van der Waals surface area (Å²) < 4.78 is 45.1. The van der Waals surface area contributed by atoms with Gasteiger partial charge in [0.05, 0.1) is 11.6 Å². The summed E-state index contributed by atoms with van der Waals surface area (Å²) >= 11 is 0. The number of ether oxygens (including phenoxy) is 2.